The van der Waals surface area contributed by atoms with Gasteiger partial charge in [-0.25, -0.2) is 9.69 Å². The van der Waals surface area contributed by atoms with Crippen molar-refractivity contribution in [1.82, 2.24) is 4.90 Å². The van der Waals surface area contributed by atoms with E-state index in [2.05, 4.69) is 6.58 Å². The van der Waals surface area contributed by atoms with Crippen molar-refractivity contribution in [2.45, 2.75) is 25.6 Å². The van der Waals surface area contributed by atoms with Crippen molar-refractivity contribution in [3.05, 3.63) is 48.0 Å². The molecule has 1 aromatic carbocycles. The first kappa shape index (κ1) is 17.1. The molecule has 23 heavy (non-hydrogen) atoms. The minimum atomic E-state index is -4.59. The number of carbonyl (C=O) groups excluding carboxylic acids is 2. The number of rotatable bonds is 4. The Balaban J connectivity index is 2.22. The standard InChI is InChI=1S/C16H16F3NO3/c1-10(2)12(16(17,18)19)8-14(21)20-13(9-23-15(20)22)11-6-4-3-5-7-11/h3-7,12-13H,1,8-9H2,2H3/t12-,13-/m1/s1. The normalized spacial score (nSPS) is 19.4. The van der Waals surface area contributed by atoms with Gasteiger partial charge in [0.15, 0.2) is 0 Å². The van der Waals surface area contributed by atoms with E-state index in [0.29, 0.717) is 5.56 Å². The molecular formula is C16H16F3NO3. The maximum absolute atomic E-state index is 13.0. The summed E-state index contributed by atoms with van der Waals surface area (Å²) in [5, 5.41) is 0. The number of benzene rings is 1. The third-order valence-electron chi connectivity index (χ3n) is 3.69. The predicted octanol–water partition coefficient (Wildman–Crippen LogP) is 3.85. The Morgan fingerprint density at radius 2 is 2.00 bits per heavy atom. The van der Waals surface area contributed by atoms with Gasteiger partial charge in [-0.05, 0) is 12.5 Å². The average Bonchev–Trinajstić information content (AvgIpc) is 2.85. The Kier molecular flexibility index (Phi) is 4.77. The number of ether oxygens (including phenoxy) is 1. The smallest absolute Gasteiger partial charge is 0.417 e. The van der Waals surface area contributed by atoms with Gasteiger partial charge in [0.2, 0.25) is 5.91 Å². The molecule has 1 saturated heterocycles. The third kappa shape index (κ3) is 3.72. The van der Waals surface area contributed by atoms with Crippen molar-refractivity contribution < 1.29 is 27.5 Å². The van der Waals surface area contributed by atoms with E-state index in [0.717, 1.165) is 4.90 Å². The van der Waals surface area contributed by atoms with Crippen LogP contribution in [0, 0.1) is 5.92 Å². The van der Waals surface area contributed by atoms with Crippen LogP contribution in [0.15, 0.2) is 42.5 Å². The van der Waals surface area contributed by atoms with Gasteiger partial charge in [-0.1, -0.05) is 42.5 Å². The van der Waals surface area contributed by atoms with Crippen molar-refractivity contribution >= 4 is 12.0 Å². The highest BCUT2D eigenvalue weighted by Gasteiger charge is 2.45. The molecule has 2 atom stereocenters. The van der Waals surface area contributed by atoms with Gasteiger partial charge in [-0.2, -0.15) is 13.2 Å². The lowest BCUT2D eigenvalue weighted by Gasteiger charge is -2.24. The molecule has 0 aromatic heterocycles. The number of cyclic esters (lactones) is 1. The van der Waals surface area contributed by atoms with Crippen LogP contribution < -0.4 is 0 Å². The topological polar surface area (TPSA) is 46.6 Å². The van der Waals surface area contributed by atoms with E-state index >= 15 is 0 Å². The fourth-order valence-electron chi connectivity index (χ4n) is 2.46. The molecule has 0 N–H and O–H groups in total. The summed E-state index contributed by atoms with van der Waals surface area (Å²) >= 11 is 0. The summed E-state index contributed by atoms with van der Waals surface area (Å²) in [7, 11) is 0. The summed E-state index contributed by atoms with van der Waals surface area (Å²) < 4.78 is 43.8. The van der Waals surface area contributed by atoms with Gasteiger partial charge in [-0.3, -0.25) is 4.79 Å². The molecule has 0 aliphatic carbocycles. The lowest BCUT2D eigenvalue weighted by atomic mass is 9.96. The van der Waals surface area contributed by atoms with E-state index in [1.165, 1.54) is 6.92 Å². The summed E-state index contributed by atoms with van der Waals surface area (Å²) in [6.07, 6.45) is -6.38. The van der Waals surface area contributed by atoms with Crippen LogP contribution >= 0.6 is 0 Å². The Bertz CT molecular complexity index is 613. The van der Waals surface area contributed by atoms with Gasteiger partial charge < -0.3 is 4.74 Å². The van der Waals surface area contributed by atoms with Crippen LogP contribution in [0.2, 0.25) is 0 Å². The zero-order valence-electron chi connectivity index (χ0n) is 12.5. The van der Waals surface area contributed by atoms with Crippen molar-refractivity contribution in [2.75, 3.05) is 6.61 Å². The highest BCUT2D eigenvalue weighted by molar-refractivity contribution is 5.94. The van der Waals surface area contributed by atoms with E-state index in [-0.39, 0.29) is 12.2 Å². The van der Waals surface area contributed by atoms with Gasteiger partial charge >= 0.3 is 12.3 Å². The molecule has 0 bridgehead atoms. The number of amides is 2. The number of hydrogen-bond acceptors (Lipinski definition) is 3. The third-order valence-corrected chi connectivity index (χ3v) is 3.69. The number of nitrogens with zero attached hydrogens (tertiary/aromatic N) is 1. The fraction of sp³-hybridized carbons (Fsp3) is 0.375. The first-order valence-electron chi connectivity index (χ1n) is 6.97. The molecule has 124 valence electrons. The van der Waals surface area contributed by atoms with Gasteiger partial charge in [0.25, 0.3) is 0 Å². The lowest BCUT2D eigenvalue weighted by Crippen LogP contribution is -2.38. The molecule has 1 aromatic rings. The van der Waals surface area contributed by atoms with Crippen molar-refractivity contribution in [3.8, 4) is 0 Å². The molecule has 0 radical (unpaired) electrons. The van der Waals surface area contributed by atoms with E-state index in [4.69, 9.17) is 4.74 Å². The number of hydrogen-bond donors (Lipinski definition) is 0. The van der Waals surface area contributed by atoms with Crippen LogP contribution in [0.4, 0.5) is 18.0 Å². The maximum Gasteiger partial charge on any atom is 0.417 e. The SMILES string of the molecule is C=C(C)[C@@H](CC(=O)N1C(=O)OC[C@@H]1c1ccccc1)C(F)(F)F. The summed E-state index contributed by atoms with van der Waals surface area (Å²) in [5.74, 6) is -2.91. The highest BCUT2D eigenvalue weighted by Crippen LogP contribution is 2.36. The Hall–Kier alpha value is -2.31. The zero-order chi connectivity index (χ0) is 17.2. The fourth-order valence-corrected chi connectivity index (χ4v) is 2.46. The maximum atomic E-state index is 13.0. The van der Waals surface area contributed by atoms with E-state index < -0.39 is 36.6 Å². The number of alkyl halides is 3. The van der Waals surface area contributed by atoms with Crippen LogP contribution in [-0.2, 0) is 9.53 Å². The monoisotopic (exact) mass is 327 g/mol. The molecule has 0 saturated carbocycles. The zero-order valence-corrected chi connectivity index (χ0v) is 12.5. The Morgan fingerprint density at radius 3 is 2.52 bits per heavy atom. The van der Waals surface area contributed by atoms with E-state index in [9.17, 15) is 22.8 Å². The van der Waals surface area contributed by atoms with Gasteiger partial charge in [0, 0.05) is 6.42 Å². The van der Waals surface area contributed by atoms with Gasteiger partial charge in [0.1, 0.15) is 12.6 Å². The van der Waals surface area contributed by atoms with Crippen molar-refractivity contribution in [1.29, 1.82) is 0 Å². The predicted molar refractivity (Wildman–Crippen MR) is 76.4 cm³/mol. The van der Waals surface area contributed by atoms with E-state index in [1.54, 1.807) is 30.3 Å². The van der Waals surface area contributed by atoms with Crippen LogP contribution in [0.1, 0.15) is 24.9 Å². The molecule has 7 heteroatoms. The number of halogens is 3. The van der Waals surface area contributed by atoms with E-state index in [1.807, 2.05) is 0 Å². The molecule has 2 rings (SSSR count). The average molecular weight is 327 g/mol. The Morgan fingerprint density at radius 1 is 1.39 bits per heavy atom. The summed E-state index contributed by atoms with van der Waals surface area (Å²) in [6.45, 7) is 4.43. The Labute approximate surface area is 131 Å². The molecule has 1 aliphatic heterocycles. The minimum Gasteiger partial charge on any atom is -0.446 e. The molecule has 0 spiro atoms. The molecule has 1 fully saturated rings. The second-order valence-corrected chi connectivity index (χ2v) is 5.41. The second-order valence-electron chi connectivity index (χ2n) is 5.41. The number of allylic oxidation sites excluding steroid dienone is 1. The number of imide groups is 1. The van der Waals surface area contributed by atoms with Crippen LogP contribution in [0.25, 0.3) is 0 Å². The molecule has 0 unspecified atom stereocenters. The second kappa shape index (κ2) is 6.44. The lowest BCUT2D eigenvalue weighted by molar-refractivity contribution is -0.171. The first-order chi connectivity index (χ1) is 10.7. The first-order valence-corrected chi connectivity index (χ1v) is 6.97. The summed E-state index contributed by atoms with van der Waals surface area (Å²) in [5.41, 5.74) is 0.459. The number of carbonyl (C=O) groups is 2. The van der Waals surface area contributed by atoms with Gasteiger partial charge in [-0.15, -0.1) is 0 Å². The minimum absolute atomic E-state index is 0.0711. The quantitative estimate of drug-likeness (QED) is 0.789. The van der Waals surface area contributed by atoms with Crippen LogP contribution in [-0.4, -0.2) is 29.7 Å². The molecule has 1 aliphatic rings. The molecule has 4 nitrogen and oxygen atoms in total. The highest BCUT2D eigenvalue weighted by atomic mass is 19.4. The van der Waals surface area contributed by atoms with Crippen molar-refractivity contribution in [2.24, 2.45) is 5.92 Å². The molecule has 2 amide bonds. The largest absolute Gasteiger partial charge is 0.446 e. The molecule has 1 heterocycles. The van der Waals surface area contributed by atoms with Crippen LogP contribution in [0.5, 0.6) is 0 Å². The van der Waals surface area contributed by atoms with Crippen LogP contribution in [0.3, 0.4) is 0 Å². The molecular weight excluding hydrogens is 311 g/mol. The van der Waals surface area contributed by atoms with Crippen molar-refractivity contribution in [3.63, 3.8) is 0 Å². The summed E-state index contributed by atoms with van der Waals surface area (Å²) in [4.78, 5) is 24.8. The van der Waals surface area contributed by atoms with Gasteiger partial charge in [0.05, 0.1) is 5.92 Å². The summed E-state index contributed by atoms with van der Waals surface area (Å²) in [6, 6.07) is 7.85.